The van der Waals surface area contributed by atoms with Crippen molar-refractivity contribution in [3.05, 3.63) is 114 Å². The number of nitro groups is 2. The van der Waals surface area contributed by atoms with E-state index in [0.717, 1.165) is 0 Å². The number of nitrogens with zero attached hydrogens (tertiary/aromatic N) is 2. The van der Waals surface area contributed by atoms with Crippen LogP contribution in [0.3, 0.4) is 0 Å². The summed E-state index contributed by atoms with van der Waals surface area (Å²) in [7, 11) is 5.21. The number of benzene rings is 4. The molecule has 0 saturated heterocycles. The van der Waals surface area contributed by atoms with Gasteiger partial charge in [0.05, 0.1) is 51.5 Å². The van der Waals surface area contributed by atoms with Crippen molar-refractivity contribution in [1.29, 1.82) is 0 Å². The lowest BCUT2D eigenvalue weighted by atomic mass is 9.81. The third kappa shape index (κ3) is 9.57. The van der Waals surface area contributed by atoms with Gasteiger partial charge in [-0.05, 0) is 75.6 Å². The number of ether oxygens (including phenoxy) is 6. The Kier molecular flexibility index (Phi) is 15.8. The number of carbonyl (C=O) groups is 1. The second-order valence-electron chi connectivity index (χ2n) is 13.7. The average molecular weight is 809 g/mol. The van der Waals surface area contributed by atoms with Gasteiger partial charge in [-0.3, -0.25) is 25.0 Å². The van der Waals surface area contributed by atoms with Crippen molar-refractivity contribution in [2.24, 2.45) is 0 Å². The molecule has 0 aromatic heterocycles. The molecule has 0 aliphatic rings. The summed E-state index contributed by atoms with van der Waals surface area (Å²) in [5.74, 6) is -3.72. The number of methoxy groups -OCH3 is 4. The zero-order valence-electron chi connectivity index (χ0n) is 34.1. The number of halogens is 2. The molecule has 0 aliphatic heterocycles. The number of carbonyl (C=O) groups excluding carboxylic acids is 1. The standard InChI is InChI=1S/C43H50F2N2O11/c1-25-33(38(53-5)42(40(55-7)35(25)46(49)50)57-23-15-13-19-29-17-9-11-21-31(29)44)27(3)37(48)28(4)34-26(2)36(47(51)52)41(56-8)43(39(34)54-6)58-24-16-14-20-30-18-10-12-22-32(30)45/h9-12,17-18,21-22,27-28H,13-16,19-20,23-24H2,1-8H3. The molecule has 4 rings (SSSR count). The molecule has 0 spiro atoms. The highest BCUT2D eigenvalue weighted by Crippen LogP contribution is 2.54. The quantitative estimate of drug-likeness (QED) is 0.0423. The number of hydrogen-bond donors (Lipinski definition) is 0. The van der Waals surface area contributed by atoms with Gasteiger partial charge in [0.1, 0.15) is 17.4 Å². The normalized spacial score (nSPS) is 12.0. The fraction of sp³-hybridized carbons (Fsp3) is 0.419. The summed E-state index contributed by atoms with van der Waals surface area (Å²) in [5.41, 5.74) is 0.787. The van der Waals surface area contributed by atoms with E-state index in [1.54, 1.807) is 50.2 Å². The molecule has 0 saturated carbocycles. The van der Waals surface area contributed by atoms with Gasteiger partial charge in [-0.1, -0.05) is 50.2 Å². The largest absolute Gasteiger partial charge is 0.492 e. The van der Waals surface area contributed by atoms with Crippen molar-refractivity contribution < 1.29 is 51.8 Å². The number of rotatable bonds is 22. The maximum Gasteiger partial charge on any atom is 0.318 e. The van der Waals surface area contributed by atoms with Crippen molar-refractivity contribution in [3.8, 4) is 34.5 Å². The molecule has 2 unspecified atom stereocenters. The van der Waals surface area contributed by atoms with Gasteiger partial charge in [0.15, 0.2) is 11.5 Å². The van der Waals surface area contributed by atoms with Crippen molar-refractivity contribution in [1.82, 2.24) is 0 Å². The minimum atomic E-state index is -1.09. The lowest BCUT2D eigenvalue weighted by Crippen LogP contribution is -2.21. The summed E-state index contributed by atoms with van der Waals surface area (Å²) in [4.78, 5) is 38.5. The molecule has 2 atom stereocenters. The van der Waals surface area contributed by atoms with Crippen LogP contribution in [0.2, 0.25) is 0 Å². The number of Topliss-reactive ketones (excluding diaryl/α,β-unsaturated/α-hetero) is 1. The summed E-state index contributed by atoms with van der Waals surface area (Å²) >= 11 is 0. The molecule has 13 nitrogen and oxygen atoms in total. The molecule has 4 aromatic rings. The first-order valence-electron chi connectivity index (χ1n) is 18.9. The molecule has 0 radical (unpaired) electrons. The maximum absolute atomic E-state index is 14.6. The van der Waals surface area contributed by atoms with Crippen molar-refractivity contribution >= 4 is 17.2 Å². The number of hydrogen-bond acceptors (Lipinski definition) is 11. The van der Waals surface area contributed by atoms with Crippen LogP contribution in [0.4, 0.5) is 20.2 Å². The first kappa shape index (κ1) is 44.7. The highest BCUT2D eigenvalue weighted by atomic mass is 19.1. The van der Waals surface area contributed by atoms with Crippen molar-refractivity contribution in [2.45, 2.75) is 78.1 Å². The number of nitro benzene ring substituents is 2. The smallest absolute Gasteiger partial charge is 0.318 e. The van der Waals surface area contributed by atoms with Crippen LogP contribution in [0.1, 0.15) is 84.7 Å². The maximum atomic E-state index is 14.6. The number of aryl methyl sites for hydroxylation is 2. The van der Waals surface area contributed by atoms with E-state index in [1.165, 1.54) is 54.4 Å². The fourth-order valence-electron chi connectivity index (χ4n) is 7.38. The van der Waals surface area contributed by atoms with Crippen LogP contribution in [0.15, 0.2) is 48.5 Å². The Morgan fingerprint density at radius 2 is 0.931 bits per heavy atom. The van der Waals surface area contributed by atoms with Crippen LogP contribution in [-0.4, -0.2) is 57.3 Å². The first-order chi connectivity index (χ1) is 27.7. The molecular weight excluding hydrogens is 758 g/mol. The summed E-state index contributed by atoms with van der Waals surface area (Å²) in [6.45, 7) is 6.21. The second kappa shape index (κ2) is 20.4. The van der Waals surface area contributed by atoms with E-state index in [2.05, 4.69) is 0 Å². The first-order valence-corrected chi connectivity index (χ1v) is 18.9. The van der Waals surface area contributed by atoms with E-state index in [9.17, 15) is 33.8 Å². The third-order valence-corrected chi connectivity index (χ3v) is 10.3. The predicted molar refractivity (Wildman–Crippen MR) is 213 cm³/mol. The van der Waals surface area contributed by atoms with Crippen molar-refractivity contribution in [3.63, 3.8) is 0 Å². The van der Waals surface area contributed by atoms with Crippen LogP contribution in [0.5, 0.6) is 34.5 Å². The van der Waals surface area contributed by atoms with Crippen LogP contribution in [0, 0.1) is 45.7 Å². The number of ketones is 1. The van der Waals surface area contributed by atoms with Crippen LogP contribution >= 0.6 is 0 Å². The summed E-state index contributed by atoms with van der Waals surface area (Å²) < 4.78 is 63.1. The second-order valence-corrected chi connectivity index (χ2v) is 13.7. The van der Waals surface area contributed by atoms with E-state index in [0.29, 0.717) is 49.7 Å². The minimum absolute atomic E-state index is 0.0471. The highest BCUT2D eigenvalue weighted by molar-refractivity contribution is 5.95. The Hall–Kier alpha value is -5.99. The molecule has 58 heavy (non-hydrogen) atoms. The molecule has 312 valence electrons. The van der Waals surface area contributed by atoms with E-state index in [1.807, 2.05) is 0 Å². The summed E-state index contributed by atoms with van der Waals surface area (Å²) in [6, 6.07) is 12.9. The molecule has 0 aliphatic carbocycles. The Morgan fingerprint density at radius 3 is 1.24 bits per heavy atom. The lowest BCUT2D eigenvalue weighted by Gasteiger charge is -2.26. The van der Waals surface area contributed by atoms with Crippen molar-refractivity contribution in [2.75, 3.05) is 41.7 Å². The molecule has 15 heteroatoms. The van der Waals surface area contributed by atoms with E-state index in [4.69, 9.17) is 28.4 Å². The molecule has 0 fully saturated rings. The van der Waals surface area contributed by atoms with Crippen LogP contribution in [0.25, 0.3) is 0 Å². The van der Waals surface area contributed by atoms with Gasteiger partial charge in [0, 0.05) is 34.1 Å². The van der Waals surface area contributed by atoms with Gasteiger partial charge in [-0.2, -0.15) is 0 Å². The molecule has 0 bridgehead atoms. The SMILES string of the molecule is COc1c(OCCCCc2ccccc2F)c(OC)c([N+](=O)[O-])c(C)c1C(C)C(=O)C(C)c1c(C)c([N+](=O)[O-])c(OC)c(OCCCCc2ccccc2F)c1OC. The molecule has 0 heterocycles. The minimum Gasteiger partial charge on any atom is -0.492 e. The van der Waals surface area contributed by atoms with Gasteiger partial charge < -0.3 is 28.4 Å². The molecule has 0 amide bonds. The average Bonchev–Trinajstić information content (AvgIpc) is 3.20. The van der Waals surface area contributed by atoms with Gasteiger partial charge in [-0.25, -0.2) is 8.78 Å². The van der Waals surface area contributed by atoms with E-state index >= 15 is 0 Å². The van der Waals surface area contributed by atoms with Gasteiger partial charge >= 0.3 is 11.4 Å². The van der Waals surface area contributed by atoms with E-state index in [-0.39, 0.29) is 81.6 Å². The molecule has 4 aromatic carbocycles. The monoisotopic (exact) mass is 808 g/mol. The Bertz CT molecular complexity index is 1980. The zero-order chi connectivity index (χ0) is 42.7. The Labute approximate surface area is 336 Å². The Morgan fingerprint density at radius 1 is 0.586 bits per heavy atom. The third-order valence-electron chi connectivity index (χ3n) is 10.3. The summed E-state index contributed by atoms with van der Waals surface area (Å²) in [6.07, 6.45) is 2.90. The van der Waals surface area contributed by atoms with Gasteiger partial charge in [-0.15, -0.1) is 0 Å². The predicted octanol–water partition coefficient (Wildman–Crippen LogP) is 9.71. The number of unbranched alkanes of at least 4 members (excludes halogenated alkanes) is 2. The fourth-order valence-corrected chi connectivity index (χ4v) is 7.38. The highest BCUT2D eigenvalue weighted by Gasteiger charge is 2.40. The molecule has 0 N–H and O–H groups in total. The van der Waals surface area contributed by atoms with Crippen LogP contribution in [-0.2, 0) is 17.6 Å². The Balaban J connectivity index is 1.71. The van der Waals surface area contributed by atoms with Gasteiger partial charge in [0.25, 0.3) is 0 Å². The zero-order valence-corrected chi connectivity index (χ0v) is 34.1. The van der Waals surface area contributed by atoms with Gasteiger partial charge in [0.2, 0.25) is 23.0 Å². The molecular formula is C43H50F2N2O11. The van der Waals surface area contributed by atoms with Crippen LogP contribution < -0.4 is 28.4 Å². The topological polar surface area (TPSA) is 159 Å². The lowest BCUT2D eigenvalue weighted by molar-refractivity contribution is -0.386. The summed E-state index contributed by atoms with van der Waals surface area (Å²) in [5, 5.41) is 25.1. The van der Waals surface area contributed by atoms with E-state index < -0.39 is 38.8 Å².